The average Bonchev–Trinajstić information content (AvgIpc) is 3.07. The van der Waals surface area contributed by atoms with Crippen LogP contribution in [0.3, 0.4) is 0 Å². The number of fused-ring (bicyclic) bond motifs is 1. The molecule has 5 nitrogen and oxygen atoms in total. The van der Waals surface area contributed by atoms with Crippen molar-refractivity contribution in [1.82, 2.24) is 4.98 Å². The summed E-state index contributed by atoms with van der Waals surface area (Å²) in [6.45, 7) is 1.78. The number of pyridine rings is 1. The van der Waals surface area contributed by atoms with Gasteiger partial charge in [0.05, 0.1) is 10.6 Å². The third-order valence-electron chi connectivity index (χ3n) is 4.53. The van der Waals surface area contributed by atoms with Crippen LogP contribution in [-0.2, 0) is 10.0 Å². The van der Waals surface area contributed by atoms with Crippen molar-refractivity contribution < 1.29 is 13.2 Å². The molecule has 0 spiro atoms. The first-order valence-electron chi connectivity index (χ1n) is 8.60. The molecule has 0 fully saturated rings. The summed E-state index contributed by atoms with van der Waals surface area (Å²) < 4.78 is 27.9. The Kier molecular flexibility index (Phi) is 4.69. The molecular weight excluding hydrogens is 396 g/mol. The molecule has 0 N–H and O–H groups in total. The van der Waals surface area contributed by atoms with E-state index in [-0.39, 0.29) is 10.6 Å². The van der Waals surface area contributed by atoms with Gasteiger partial charge in [-0.2, -0.15) is 0 Å². The summed E-state index contributed by atoms with van der Waals surface area (Å²) in [6.07, 6.45) is 1.62. The van der Waals surface area contributed by atoms with Crippen molar-refractivity contribution in [3.63, 3.8) is 0 Å². The SMILES string of the molecule is Cc1cccc(C(=O)C2[CH]c3cc(Cl)ccc3N2S(=O)(=O)c2ccccc2)n1. The minimum absolute atomic E-state index is 0.112. The second-order valence-corrected chi connectivity index (χ2v) is 8.71. The second kappa shape index (κ2) is 7.04. The maximum atomic E-state index is 13.4. The third-order valence-corrected chi connectivity index (χ3v) is 6.57. The predicted molar refractivity (Wildman–Crippen MR) is 108 cm³/mol. The highest BCUT2D eigenvalue weighted by molar-refractivity contribution is 7.93. The van der Waals surface area contributed by atoms with Crippen LogP contribution in [0.2, 0.25) is 5.02 Å². The zero-order chi connectivity index (χ0) is 19.9. The first-order chi connectivity index (χ1) is 13.4. The number of aryl methyl sites for hydroxylation is 1. The number of benzene rings is 2. The van der Waals surface area contributed by atoms with Gasteiger partial charge in [0, 0.05) is 17.1 Å². The van der Waals surface area contributed by atoms with Crippen LogP contribution in [0.1, 0.15) is 21.7 Å². The molecule has 3 aromatic rings. The van der Waals surface area contributed by atoms with Crippen molar-refractivity contribution in [3.8, 4) is 0 Å². The van der Waals surface area contributed by atoms with Crippen LogP contribution >= 0.6 is 11.6 Å². The zero-order valence-corrected chi connectivity index (χ0v) is 16.5. The molecule has 7 heteroatoms. The molecule has 2 aromatic carbocycles. The van der Waals surface area contributed by atoms with E-state index < -0.39 is 21.8 Å². The van der Waals surface area contributed by atoms with Gasteiger partial charge in [-0.25, -0.2) is 13.4 Å². The number of rotatable bonds is 4. The van der Waals surface area contributed by atoms with Crippen molar-refractivity contribution in [1.29, 1.82) is 0 Å². The molecule has 1 radical (unpaired) electrons. The van der Waals surface area contributed by atoms with Gasteiger partial charge in [0.25, 0.3) is 10.0 Å². The topological polar surface area (TPSA) is 67.3 Å². The predicted octanol–water partition coefficient (Wildman–Crippen LogP) is 4.06. The van der Waals surface area contributed by atoms with Crippen LogP contribution in [0.5, 0.6) is 0 Å². The normalized spacial score (nSPS) is 16.1. The number of aromatic nitrogens is 1. The van der Waals surface area contributed by atoms with Gasteiger partial charge in [-0.05, 0) is 55.0 Å². The molecular formula is C21H16ClN2O3S. The summed E-state index contributed by atoms with van der Waals surface area (Å²) in [4.78, 5) is 17.6. The number of carbonyl (C=O) groups is 1. The Morgan fingerprint density at radius 3 is 2.50 bits per heavy atom. The summed E-state index contributed by atoms with van der Waals surface area (Å²) in [7, 11) is -3.97. The van der Waals surface area contributed by atoms with Gasteiger partial charge in [-0.15, -0.1) is 0 Å². The molecule has 0 saturated carbocycles. The van der Waals surface area contributed by atoms with E-state index in [2.05, 4.69) is 4.98 Å². The standard InChI is InChI=1S/C21H16ClN2O3S/c1-14-6-5-9-18(23-14)21(25)20-13-15-12-16(22)10-11-19(15)24(20)28(26,27)17-7-3-2-4-8-17/h2-13,20H,1H3. The van der Waals surface area contributed by atoms with Crippen molar-refractivity contribution in [2.75, 3.05) is 4.31 Å². The molecule has 2 heterocycles. The van der Waals surface area contributed by atoms with Crippen molar-refractivity contribution in [2.24, 2.45) is 0 Å². The highest BCUT2D eigenvalue weighted by Crippen LogP contribution is 2.40. The molecule has 1 atom stereocenters. The largest absolute Gasteiger partial charge is 0.290 e. The number of anilines is 1. The Labute approximate surface area is 168 Å². The summed E-state index contributed by atoms with van der Waals surface area (Å²) >= 11 is 6.08. The summed E-state index contributed by atoms with van der Waals surface area (Å²) in [5.74, 6) is -0.393. The molecule has 0 bridgehead atoms. The average molecular weight is 412 g/mol. The van der Waals surface area contributed by atoms with E-state index in [0.29, 0.717) is 22.0 Å². The summed E-state index contributed by atoms with van der Waals surface area (Å²) in [5.41, 5.74) is 1.91. The van der Waals surface area contributed by atoms with Crippen LogP contribution in [-0.4, -0.2) is 25.2 Å². The van der Waals surface area contributed by atoms with Crippen LogP contribution < -0.4 is 4.31 Å². The van der Waals surface area contributed by atoms with Gasteiger partial charge < -0.3 is 0 Å². The maximum absolute atomic E-state index is 13.4. The molecule has 0 saturated heterocycles. The number of sulfonamides is 1. The third kappa shape index (κ3) is 3.19. The fraction of sp³-hybridized carbons (Fsp3) is 0.0952. The Balaban J connectivity index is 1.85. The van der Waals surface area contributed by atoms with Crippen LogP contribution in [0.15, 0.2) is 71.6 Å². The molecule has 1 aromatic heterocycles. The van der Waals surface area contributed by atoms with E-state index in [1.165, 1.54) is 12.1 Å². The van der Waals surface area contributed by atoms with Crippen LogP contribution in [0.25, 0.3) is 0 Å². The lowest BCUT2D eigenvalue weighted by atomic mass is 10.0. The number of carbonyl (C=O) groups excluding carboxylic acids is 1. The fourth-order valence-electron chi connectivity index (χ4n) is 3.25. The molecule has 0 aliphatic carbocycles. The van der Waals surface area contributed by atoms with E-state index in [9.17, 15) is 13.2 Å². The van der Waals surface area contributed by atoms with E-state index in [1.807, 2.05) is 0 Å². The van der Waals surface area contributed by atoms with E-state index in [1.54, 1.807) is 67.9 Å². The van der Waals surface area contributed by atoms with Crippen LogP contribution in [0.4, 0.5) is 5.69 Å². The lowest BCUT2D eigenvalue weighted by Crippen LogP contribution is -2.42. The highest BCUT2D eigenvalue weighted by atomic mass is 35.5. The smallest absolute Gasteiger partial charge is 0.265 e. The van der Waals surface area contributed by atoms with Gasteiger partial charge in [0.15, 0.2) is 0 Å². The Morgan fingerprint density at radius 1 is 1.04 bits per heavy atom. The zero-order valence-electron chi connectivity index (χ0n) is 14.9. The summed E-state index contributed by atoms with van der Waals surface area (Å²) in [6, 6.07) is 17.0. The van der Waals surface area contributed by atoms with E-state index >= 15 is 0 Å². The van der Waals surface area contributed by atoms with Crippen molar-refractivity contribution >= 4 is 33.1 Å². The monoisotopic (exact) mass is 411 g/mol. The first-order valence-corrected chi connectivity index (χ1v) is 10.4. The Hall–Kier alpha value is -2.70. The summed E-state index contributed by atoms with van der Waals surface area (Å²) in [5, 5.41) is 0.467. The molecule has 1 aliphatic rings. The van der Waals surface area contributed by atoms with Gasteiger partial charge >= 0.3 is 0 Å². The fourth-order valence-corrected chi connectivity index (χ4v) is 5.04. The molecule has 1 aliphatic heterocycles. The van der Waals surface area contributed by atoms with Gasteiger partial charge in [-0.3, -0.25) is 9.10 Å². The maximum Gasteiger partial charge on any atom is 0.265 e. The molecule has 0 amide bonds. The number of nitrogens with zero attached hydrogens (tertiary/aromatic N) is 2. The number of hydrogen-bond acceptors (Lipinski definition) is 4. The first kappa shape index (κ1) is 18.7. The number of halogens is 1. The van der Waals surface area contributed by atoms with Gasteiger partial charge in [-0.1, -0.05) is 35.9 Å². The number of ketones is 1. The second-order valence-electron chi connectivity index (χ2n) is 6.46. The Morgan fingerprint density at radius 2 is 1.79 bits per heavy atom. The molecule has 28 heavy (non-hydrogen) atoms. The lowest BCUT2D eigenvalue weighted by molar-refractivity contribution is 0.0972. The quantitative estimate of drug-likeness (QED) is 0.607. The van der Waals surface area contributed by atoms with Crippen molar-refractivity contribution in [2.45, 2.75) is 17.9 Å². The Bertz CT molecular complexity index is 1160. The molecule has 141 valence electrons. The lowest BCUT2D eigenvalue weighted by Gasteiger charge is -2.26. The minimum Gasteiger partial charge on any atom is -0.290 e. The molecule has 1 unspecified atom stereocenters. The molecule has 4 rings (SSSR count). The van der Waals surface area contributed by atoms with E-state index in [0.717, 1.165) is 4.31 Å². The number of Topliss-reactive ketones (excluding diaryl/α,β-unsaturated/α-hetero) is 1. The van der Waals surface area contributed by atoms with E-state index in [4.69, 9.17) is 11.6 Å². The van der Waals surface area contributed by atoms with Gasteiger partial charge in [0.1, 0.15) is 11.7 Å². The number of hydrogen-bond donors (Lipinski definition) is 0. The van der Waals surface area contributed by atoms with Crippen molar-refractivity contribution in [3.05, 3.63) is 95.1 Å². The van der Waals surface area contributed by atoms with Gasteiger partial charge in [0.2, 0.25) is 5.78 Å². The highest BCUT2D eigenvalue weighted by Gasteiger charge is 2.43. The van der Waals surface area contributed by atoms with Crippen LogP contribution in [0, 0.1) is 13.3 Å². The minimum atomic E-state index is -3.97.